The Morgan fingerprint density at radius 2 is 1.77 bits per heavy atom. The molecule has 4 nitrogen and oxygen atoms in total. The number of esters is 1. The molecule has 0 N–H and O–H groups in total. The summed E-state index contributed by atoms with van der Waals surface area (Å²) in [4.78, 5) is 24.7. The van der Waals surface area contributed by atoms with E-state index < -0.39 is 23.5 Å². The Morgan fingerprint density at radius 3 is 2.37 bits per heavy atom. The maximum atomic E-state index is 12.6. The molecule has 0 spiro atoms. The van der Waals surface area contributed by atoms with E-state index in [1.54, 1.807) is 29.6 Å². The summed E-state index contributed by atoms with van der Waals surface area (Å²) in [6.07, 6.45) is -1.75. The smallest absolute Gasteiger partial charge is 0.416 e. The molecule has 30 heavy (non-hydrogen) atoms. The number of allylic oxidation sites excluding steroid dienone is 1. The lowest BCUT2D eigenvalue weighted by Gasteiger charge is -2.08. The molecule has 154 valence electrons. The van der Waals surface area contributed by atoms with Gasteiger partial charge in [0.1, 0.15) is 16.4 Å². The Labute approximate surface area is 174 Å². The van der Waals surface area contributed by atoms with Crippen LogP contribution in [0, 0.1) is 0 Å². The first-order valence-electron chi connectivity index (χ1n) is 8.61. The van der Waals surface area contributed by atoms with Crippen LogP contribution in [0.4, 0.5) is 13.2 Å². The number of hydrogen-bond acceptors (Lipinski definition) is 5. The average Bonchev–Trinajstić information content (AvgIpc) is 3.27. The number of carbonyl (C=O) groups excluding carboxylic acids is 2. The molecule has 0 saturated heterocycles. The van der Waals surface area contributed by atoms with Crippen LogP contribution in [0.15, 0.2) is 66.1 Å². The van der Waals surface area contributed by atoms with Crippen molar-refractivity contribution in [2.75, 3.05) is 7.11 Å². The lowest BCUT2D eigenvalue weighted by molar-refractivity contribution is -0.137. The minimum atomic E-state index is -4.46. The minimum Gasteiger partial charge on any atom is -0.496 e. The number of alkyl halides is 3. The van der Waals surface area contributed by atoms with Crippen LogP contribution in [0.3, 0.4) is 0 Å². The third kappa shape index (κ3) is 5.15. The van der Waals surface area contributed by atoms with Gasteiger partial charge in [0.05, 0.1) is 12.7 Å². The van der Waals surface area contributed by atoms with E-state index in [0.717, 1.165) is 24.3 Å². The SMILES string of the molecule is COc1cc(OC(=O)c2cccs2)ccc1/C=C/C(=O)c1ccc(C(F)(F)F)cc1. The van der Waals surface area contributed by atoms with E-state index >= 15 is 0 Å². The number of rotatable bonds is 6. The second-order valence-corrected chi connectivity index (χ2v) is 6.99. The lowest BCUT2D eigenvalue weighted by atomic mass is 10.1. The van der Waals surface area contributed by atoms with E-state index in [1.165, 1.54) is 36.7 Å². The highest BCUT2D eigenvalue weighted by Gasteiger charge is 2.30. The van der Waals surface area contributed by atoms with Crippen molar-refractivity contribution in [3.05, 3.63) is 87.6 Å². The summed E-state index contributed by atoms with van der Waals surface area (Å²) in [7, 11) is 1.43. The highest BCUT2D eigenvalue weighted by atomic mass is 32.1. The van der Waals surface area contributed by atoms with Crippen molar-refractivity contribution in [3.63, 3.8) is 0 Å². The summed E-state index contributed by atoms with van der Waals surface area (Å²) >= 11 is 1.26. The molecule has 0 saturated carbocycles. The predicted octanol–water partition coefficient (Wildman–Crippen LogP) is 5.89. The summed E-state index contributed by atoms with van der Waals surface area (Å²) < 4.78 is 48.4. The average molecular weight is 432 g/mol. The van der Waals surface area contributed by atoms with E-state index in [0.29, 0.717) is 16.2 Å². The zero-order valence-corrected chi connectivity index (χ0v) is 16.4. The molecule has 1 heterocycles. The van der Waals surface area contributed by atoms with Crippen molar-refractivity contribution in [2.45, 2.75) is 6.18 Å². The third-order valence-corrected chi connectivity index (χ3v) is 4.90. The largest absolute Gasteiger partial charge is 0.496 e. The zero-order valence-electron chi connectivity index (χ0n) is 15.6. The van der Waals surface area contributed by atoms with Gasteiger partial charge in [0.25, 0.3) is 0 Å². The number of ether oxygens (including phenoxy) is 2. The van der Waals surface area contributed by atoms with Crippen molar-refractivity contribution in [3.8, 4) is 11.5 Å². The number of benzene rings is 2. The van der Waals surface area contributed by atoms with Crippen LogP contribution < -0.4 is 9.47 Å². The number of thiophene rings is 1. The van der Waals surface area contributed by atoms with Gasteiger partial charge in [0, 0.05) is 17.2 Å². The molecule has 3 rings (SSSR count). The molecule has 8 heteroatoms. The lowest BCUT2D eigenvalue weighted by Crippen LogP contribution is -2.06. The Bertz CT molecular complexity index is 1070. The Hall–Kier alpha value is -3.39. The highest BCUT2D eigenvalue weighted by Crippen LogP contribution is 2.30. The summed E-state index contributed by atoms with van der Waals surface area (Å²) in [6.45, 7) is 0. The molecule has 3 aromatic rings. The molecule has 0 bridgehead atoms. The van der Waals surface area contributed by atoms with Crippen LogP contribution in [0.25, 0.3) is 6.08 Å². The molecule has 0 unspecified atom stereocenters. The van der Waals surface area contributed by atoms with Crippen molar-refractivity contribution in [1.29, 1.82) is 0 Å². The zero-order chi connectivity index (χ0) is 21.7. The van der Waals surface area contributed by atoms with Crippen LogP contribution >= 0.6 is 11.3 Å². The molecule has 0 atom stereocenters. The van der Waals surface area contributed by atoms with Crippen LogP contribution in [0.5, 0.6) is 11.5 Å². The molecule has 1 aromatic heterocycles. The Morgan fingerprint density at radius 1 is 1.03 bits per heavy atom. The van der Waals surface area contributed by atoms with Gasteiger partial charge in [-0.05, 0) is 47.9 Å². The summed E-state index contributed by atoms with van der Waals surface area (Å²) in [5, 5.41) is 1.76. The van der Waals surface area contributed by atoms with Gasteiger partial charge < -0.3 is 9.47 Å². The normalized spacial score (nSPS) is 11.5. The Kier molecular flexibility index (Phi) is 6.37. The topological polar surface area (TPSA) is 52.6 Å². The van der Waals surface area contributed by atoms with Gasteiger partial charge in [-0.2, -0.15) is 13.2 Å². The van der Waals surface area contributed by atoms with Crippen molar-refractivity contribution >= 4 is 29.2 Å². The van der Waals surface area contributed by atoms with Gasteiger partial charge in [-0.3, -0.25) is 4.79 Å². The monoisotopic (exact) mass is 432 g/mol. The molecule has 0 aliphatic rings. The van der Waals surface area contributed by atoms with Crippen LogP contribution in [-0.2, 0) is 6.18 Å². The Balaban J connectivity index is 1.73. The first kappa shape index (κ1) is 21.3. The highest BCUT2D eigenvalue weighted by molar-refractivity contribution is 7.12. The molecular formula is C22H15F3O4S. The van der Waals surface area contributed by atoms with Crippen LogP contribution in [-0.4, -0.2) is 18.9 Å². The van der Waals surface area contributed by atoms with Crippen molar-refractivity contribution in [1.82, 2.24) is 0 Å². The van der Waals surface area contributed by atoms with E-state index in [1.807, 2.05) is 0 Å². The number of halogens is 3. The molecule has 0 radical (unpaired) electrons. The van der Waals surface area contributed by atoms with Crippen molar-refractivity contribution in [2.24, 2.45) is 0 Å². The van der Waals surface area contributed by atoms with Gasteiger partial charge >= 0.3 is 12.1 Å². The maximum absolute atomic E-state index is 12.6. The van der Waals surface area contributed by atoms with E-state index in [-0.39, 0.29) is 11.3 Å². The first-order valence-corrected chi connectivity index (χ1v) is 9.49. The number of hydrogen-bond donors (Lipinski definition) is 0. The van der Waals surface area contributed by atoms with Gasteiger partial charge in [0.15, 0.2) is 5.78 Å². The molecule has 0 fully saturated rings. The molecule has 0 aliphatic heterocycles. The fourth-order valence-corrected chi connectivity index (χ4v) is 3.13. The van der Waals surface area contributed by atoms with E-state index in [9.17, 15) is 22.8 Å². The second kappa shape index (κ2) is 8.96. The second-order valence-electron chi connectivity index (χ2n) is 6.04. The van der Waals surface area contributed by atoms with Crippen LogP contribution in [0.1, 0.15) is 31.2 Å². The maximum Gasteiger partial charge on any atom is 0.416 e. The van der Waals surface area contributed by atoms with Crippen molar-refractivity contribution < 1.29 is 32.2 Å². The van der Waals surface area contributed by atoms with Gasteiger partial charge in [0.2, 0.25) is 0 Å². The van der Waals surface area contributed by atoms with E-state index in [2.05, 4.69) is 0 Å². The quantitative estimate of drug-likeness (QED) is 0.211. The molecule has 0 amide bonds. The summed E-state index contributed by atoms with van der Waals surface area (Å²) in [5.74, 6) is -0.314. The fraction of sp³-hybridized carbons (Fsp3) is 0.0909. The van der Waals surface area contributed by atoms with Gasteiger partial charge in [-0.25, -0.2) is 4.79 Å². The fourth-order valence-electron chi connectivity index (χ4n) is 2.53. The van der Waals surface area contributed by atoms with Crippen LogP contribution in [0.2, 0.25) is 0 Å². The number of carbonyl (C=O) groups is 2. The van der Waals surface area contributed by atoms with Gasteiger partial charge in [-0.1, -0.05) is 18.2 Å². The predicted molar refractivity (Wildman–Crippen MR) is 107 cm³/mol. The van der Waals surface area contributed by atoms with Gasteiger partial charge in [-0.15, -0.1) is 11.3 Å². The standard InChI is InChI=1S/C22H15F3O4S/c1-28-19-13-17(29-21(27)20-3-2-12-30-20)10-6-15(19)7-11-18(26)14-4-8-16(9-5-14)22(23,24)25/h2-13H,1H3/b11-7+. The van der Waals surface area contributed by atoms with E-state index in [4.69, 9.17) is 9.47 Å². The third-order valence-electron chi connectivity index (χ3n) is 4.05. The molecule has 0 aliphatic carbocycles. The summed E-state index contributed by atoms with van der Waals surface area (Å²) in [6, 6.07) is 12.0. The molecular weight excluding hydrogens is 417 g/mol. The summed E-state index contributed by atoms with van der Waals surface area (Å²) in [5.41, 5.74) is -0.161. The number of ketones is 1. The first-order chi connectivity index (χ1) is 14.3. The number of methoxy groups -OCH3 is 1. The molecule has 2 aromatic carbocycles. The minimum absolute atomic E-state index is 0.125.